The van der Waals surface area contributed by atoms with E-state index < -0.39 is 16.1 Å². The first-order valence-corrected chi connectivity index (χ1v) is 12.1. The predicted molar refractivity (Wildman–Crippen MR) is 128 cm³/mol. The van der Waals surface area contributed by atoms with Crippen molar-refractivity contribution >= 4 is 33.3 Å². The van der Waals surface area contributed by atoms with Crippen LogP contribution in [0.15, 0.2) is 83.8 Å². The lowest BCUT2D eigenvalue weighted by atomic mass is 10.2. The summed E-state index contributed by atoms with van der Waals surface area (Å²) < 4.78 is 27.5. The Bertz CT molecular complexity index is 1290. The largest absolute Gasteiger partial charge is 0.343 e. The zero-order chi connectivity index (χ0) is 23.6. The van der Waals surface area contributed by atoms with Gasteiger partial charge in [-0.2, -0.15) is 4.31 Å². The van der Waals surface area contributed by atoms with Crippen LogP contribution < -0.4 is 9.21 Å². The number of carbonyl (C=O) groups excluding carboxylic acids is 2. The number of para-hydroxylation sites is 1. The summed E-state index contributed by atoms with van der Waals surface area (Å²) in [6, 6.07) is 21.8. The minimum atomic E-state index is -4.13. The van der Waals surface area contributed by atoms with E-state index >= 15 is 0 Å². The second kappa shape index (κ2) is 9.07. The van der Waals surface area contributed by atoms with E-state index in [0.29, 0.717) is 13.1 Å². The van der Waals surface area contributed by atoms with Crippen molar-refractivity contribution in [2.75, 3.05) is 22.3 Å². The smallest absolute Gasteiger partial charge is 0.337 e. The highest BCUT2D eigenvalue weighted by atomic mass is 32.2. The molecule has 0 unspecified atom stereocenters. The summed E-state index contributed by atoms with van der Waals surface area (Å²) in [5.74, 6) is -0.270. The molecule has 1 aliphatic rings. The molecule has 33 heavy (non-hydrogen) atoms. The average molecular weight is 464 g/mol. The quantitative estimate of drug-likeness (QED) is 0.550. The van der Waals surface area contributed by atoms with Crippen LogP contribution in [0.3, 0.4) is 0 Å². The molecule has 0 aromatic heterocycles. The van der Waals surface area contributed by atoms with E-state index in [1.165, 1.54) is 11.0 Å². The van der Waals surface area contributed by atoms with Gasteiger partial charge in [-0.25, -0.2) is 13.2 Å². The molecule has 0 radical (unpaired) electrons. The van der Waals surface area contributed by atoms with Crippen LogP contribution in [0.4, 0.5) is 16.2 Å². The molecule has 0 atom stereocenters. The predicted octanol–water partition coefficient (Wildman–Crippen LogP) is 4.18. The Morgan fingerprint density at radius 3 is 2.33 bits per heavy atom. The molecule has 0 saturated carbocycles. The molecule has 3 aromatic rings. The zero-order valence-corrected chi connectivity index (χ0v) is 19.3. The van der Waals surface area contributed by atoms with Gasteiger partial charge in [0, 0.05) is 13.1 Å². The van der Waals surface area contributed by atoms with Crippen molar-refractivity contribution in [2.45, 2.75) is 25.3 Å². The lowest BCUT2D eigenvalue weighted by Crippen LogP contribution is -2.54. The topological polar surface area (TPSA) is 78.0 Å². The van der Waals surface area contributed by atoms with E-state index in [9.17, 15) is 18.0 Å². The molecular formula is C25H25N3O4S. The summed E-state index contributed by atoms with van der Waals surface area (Å²) in [4.78, 5) is 29.6. The standard InChI is InChI=1S/C25H25N3O4S/c1-3-26(17-20-11-5-4-6-12-20)24(29)18-27-22-14-7-8-15-23(22)33(31,32)28(25(27)30)21-13-9-10-19(2)16-21/h4-16H,3,17-18H2,1-2H3. The van der Waals surface area contributed by atoms with E-state index in [-0.39, 0.29) is 28.7 Å². The number of carbonyl (C=O) groups is 2. The number of urea groups is 1. The lowest BCUT2D eigenvalue weighted by Gasteiger charge is -2.36. The number of rotatable bonds is 6. The number of aryl methyl sites for hydroxylation is 1. The van der Waals surface area contributed by atoms with Gasteiger partial charge in [-0.15, -0.1) is 0 Å². The Morgan fingerprint density at radius 1 is 0.939 bits per heavy atom. The van der Waals surface area contributed by atoms with Crippen LogP contribution in [0.5, 0.6) is 0 Å². The molecule has 8 heteroatoms. The highest BCUT2D eigenvalue weighted by Crippen LogP contribution is 2.37. The molecule has 170 valence electrons. The highest BCUT2D eigenvalue weighted by molar-refractivity contribution is 7.94. The number of hydrogen-bond donors (Lipinski definition) is 0. The molecule has 3 aromatic carbocycles. The number of likely N-dealkylation sites (N-methyl/N-ethyl adjacent to an activating group) is 1. The first kappa shape index (κ1) is 22.5. The van der Waals surface area contributed by atoms with Gasteiger partial charge in [0.15, 0.2) is 0 Å². The maximum Gasteiger partial charge on any atom is 0.343 e. The third-order valence-corrected chi connectivity index (χ3v) is 7.31. The summed E-state index contributed by atoms with van der Waals surface area (Å²) in [5, 5.41) is 0. The first-order valence-electron chi connectivity index (χ1n) is 10.7. The van der Waals surface area contributed by atoms with Crippen molar-refractivity contribution in [2.24, 2.45) is 0 Å². The molecule has 0 N–H and O–H groups in total. The van der Waals surface area contributed by atoms with E-state index in [0.717, 1.165) is 15.4 Å². The average Bonchev–Trinajstić information content (AvgIpc) is 2.81. The van der Waals surface area contributed by atoms with Gasteiger partial charge in [-0.1, -0.05) is 54.6 Å². The fourth-order valence-electron chi connectivity index (χ4n) is 3.88. The van der Waals surface area contributed by atoms with Crippen molar-refractivity contribution in [3.05, 3.63) is 90.0 Å². The minimum Gasteiger partial charge on any atom is -0.337 e. The van der Waals surface area contributed by atoms with Crippen molar-refractivity contribution in [1.29, 1.82) is 0 Å². The summed E-state index contributed by atoms with van der Waals surface area (Å²) in [6.07, 6.45) is 0. The fraction of sp³-hybridized carbons (Fsp3) is 0.200. The van der Waals surface area contributed by atoms with Gasteiger partial charge in [0.25, 0.3) is 10.0 Å². The molecule has 1 aliphatic heterocycles. The first-order chi connectivity index (χ1) is 15.8. The van der Waals surface area contributed by atoms with Crippen molar-refractivity contribution in [3.8, 4) is 0 Å². The Morgan fingerprint density at radius 2 is 1.64 bits per heavy atom. The van der Waals surface area contributed by atoms with E-state index in [1.807, 2.05) is 50.2 Å². The Kier molecular flexibility index (Phi) is 6.20. The second-order valence-corrected chi connectivity index (χ2v) is 9.59. The van der Waals surface area contributed by atoms with Crippen LogP contribution in [0.1, 0.15) is 18.1 Å². The van der Waals surface area contributed by atoms with Crippen LogP contribution in [-0.4, -0.2) is 38.3 Å². The number of sulfonamides is 1. The number of amides is 3. The van der Waals surface area contributed by atoms with Crippen LogP contribution in [0.2, 0.25) is 0 Å². The summed E-state index contributed by atoms with van der Waals surface area (Å²) in [6.45, 7) is 4.28. The van der Waals surface area contributed by atoms with Crippen molar-refractivity contribution in [3.63, 3.8) is 0 Å². The van der Waals surface area contributed by atoms with Gasteiger partial charge >= 0.3 is 6.03 Å². The van der Waals surface area contributed by atoms with E-state index in [1.54, 1.807) is 41.3 Å². The third kappa shape index (κ3) is 4.34. The molecule has 0 bridgehead atoms. The number of benzene rings is 3. The summed E-state index contributed by atoms with van der Waals surface area (Å²) in [7, 11) is -4.13. The van der Waals surface area contributed by atoms with Gasteiger partial charge in [-0.05, 0) is 49.2 Å². The Balaban J connectivity index is 1.71. The third-order valence-electron chi connectivity index (χ3n) is 5.56. The van der Waals surface area contributed by atoms with E-state index in [4.69, 9.17) is 0 Å². The maximum absolute atomic E-state index is 13.5. The van der Waals surface area contributed by atoms with Crippen LogP contribution in [0.25, 0.3) is 0 Å². The summed E-state index contributed by atoms with van der Waals surface area (Å²) >= 11 is 0. The highest BCUT2D eigenvalue weighted by Gasteiger charge is 2.43. The molecule has 0 spiro atoms. The molecule has 7 nitrogen and oxygen atoms in total. The van der Waals surface area contributed by atoms with Gasteiger partial charge in [-0.3, -0.25) is 9.69 Å². The molecular weight excluding hydrogens is 438 g/mol. The lowest BCUT2D eigenvalue weighted by molar-refractivity contribution is -0.130. The molecule has 0 saturated heterocycles. The van der Waals surface area contributed by atoms with Crippen LogP contribution in [0, 0.1) is 6.92 Å². The van der Waals surface area contributed by atoms with Gasteiger partial charge in [0.2, 0.25) is 5.91 Å². The summed E-state index contributed by atoms with van der Waals surface area (Å²) in [5.41, 5.74) is 2.23. The monoisotopic (exact) mass is 463 g/mol. The Labute approximate surface area is 193 Å². The van der Waals surface area contributed by atoms with Gasteiger partial charge in [0.1, 0.15) is 11.4 Å². The maximum atomic E-state index is 13.5. The van der Waals surface area contributed by atoms with E-state index in [2.05, 4.69) is 0 Å². The number of anilines is 2. The van der Waals surface area contributed by atoms with Gasteiger partial charge < -0.3 is 4.90 Å². The zero-order valence-electron chi connectivity index (χ0n) is 18.5. The number of hydrogen-bond acceptors (Lipinski definition) is 4. The molecule has 1 heterocycles. The number of fused-ring (bicyclic) bond motifs is 1. The fourth-order valence-corrected chi connectivity index (χ4v) is 5.47. The minimum absolute atomic E-state index is 0.00925. The van der Waals surface area contributed by atoms with Gasteiger partial charge in [0.05, 0.1) is 11.4 Å². The van der Waals surface area contributed by atoms with Crippen molar-refractivity contribution in [1.82, 2.24) is 4.90 Å². The van der Waals surface area contributed by atoms with Crippen molar-refractivity contribution < 1.29 is 18.0 Å². The molecule has 4 rings (SSSR count). The van der Waals surface area contributed by atoms with Crippen LogP contribution >= 0.6 is 0 Å². The van der Waals surface area contributed by atoms with Crippen LogP contribution in [-0.2, 0) is 21.4 Å². The second-order valence-electron chi connectivity index (χ2n) is 7.84. The molecule has 0 aliphatic carbocycles. The molecule has 3 amide bonds. The number of nitrogens with zero attached hydrogens (tertiary/aromatic N) is 3. The molecule has 0 fully saturated rings. The Hall–Kier alpha value is -3.65. The normalized spacial score (nSPS) is 14.7. The SMILES string of the molecule is CCN(Cc1ccccc1)C(=O)CN1C(=O)N(c2cccc(C)c2)S(=O)(=O)c2ccccc21.